The summed E-state index contributed by atoms with van der Waals surface area (Å²) >= 11 is -0.111. The van der Waals surface area contributed by atoms with Gasteiger partial charge in [0, 0.05) is 0 Å². The van der Waals surface area contributed by atoms with Crippen molar-refractivity contribution in [1.82, 2.24) is 0 Å². The molecule has 1 heteroatoms. The summed E-state index contributed by atoms with van der Waals surface area (Å²) in [4.78, 5) is 0. The van der Waals surface area contributed by atoms with Crippen LogP contribution in [0.4, 0.5) is 0 Å². The van der Waals surface area contributed by atoms with E-state index in [9.17, 15) is 0 Å². The van der Waals surface area contributed by atoms with E-state index in [0.717, 1.165) is 0 Å². The van der Waals surface area contributed by atoms with Crippen LogP contribution in [0.3, 0.4) is 0 Å². The van der Waals surface area contributed by atoms with Gasteiger partial charge in [0.15, 0.2) is 0 Å². The molecule has 0 N–H and O–H groups in total. The first-order valence-corrected chi connectivity index (χ1v) is 7.55. The topological polar surface area (TPSA) is 0 Å². The normalized spacial score (nSPS) is 20.6. The fourth-order valence-corrected chi connectivity index (χ4v) is 4.25. The molecule has 1 aliphatic carbocycles. The van der Waals surface area contributed by atoms with Gasteiger partial charge in [-0.25, -0.2) is 0 Å². The molecule has 16 heavy (non-hydrogen) atoms. The number of hydrogen-bond donors (Lipinski definition) is 0. The van der Waals surface area contributed by atoms with Gasteiger partial charge in [0.25, 0.3) is 0 Å². The SMILES string of the molecule is CC=CC=[CH][Ti][C]1=C(C)C(C)=C(C)C1(C)C. The van der Waals surface area contributed by atoms with Gasteiger partial charge in [0.05, 0.1) is 0 Å². The van der Waals surface area contributed by atoms with Crippen molar-refractivity contribution in [2.75, 3.05) is 0 Å². The van der Waals surface area contributed by atoms with Crippen molar-refractivity contribution < 1.29 is 19.2 Å². The van der Waals surface area contributed by atoms with Gasteiger partial charge in [0.1, 0.15) is 0 Å². The zero-order valence-electron chi connectivity index (χ0n) is 11.3. The summed E-state index contributed by atoms with van der Waals surface area (Å²) in [5.41, 5.74) is 4.92. The summed E-state index contributed by atoms with van der Waals surface area (Å²) in [5, 5.41) is 0. The molecule has 0 aromatic carbocycles. The Hall–Kier alpha value is -0.326. The van der Waals surface area contributed by atoms with Crippen molar-refractivity contribution in [3.05, 3.63) is 43.2 Å². The number of hydrogen-bond acceptors (Lipinski definition) is 0. The van der Waals surface area contributed by atoms with Crippen LogP contribution < -0.4 is 0 Å². The second-order valence-electron chi connectivity index (χ2n) is 4.90. The van der Waals surface area contributed by atoms with E-state index in [1.165, 1.54) is 5.57 Å². The number of rotatable bonds is 3. The first-order chi connectivity index (χ1) is 7.42. The molecule has 86 valence electrons. The van der Waals surface area contributed by atoms with Gasteiger partial charge in [-0.2, -0.15) is 0 Å². The van der Waals surface area contributed by atoms with Crippen molar-refractivity contribution in [3.8, 4) is 0 Å². The molecule has 0 unspecified atom stereocenters. The molecule has 0 fully saturated rings. The van der Waals surface area contributed by atoms with Crippen molar-refractivity contribution in [3.63, 3.8) is 0 Å². The molecular weight excluding hydrogens is 228 g/mol. The third-order valence-electron chi connectivity index (χ3n) is 3.69. The Bertz CT molecular complexity index is 390. The molecule has 0 amide bonds. The van der Waals surface area contributed by atoms with Crippen molar-refractivity contribution >= 4 is 0 Å². The van der Waals surface area contributed by atoms with Crippen LogP contribution >= 0.6 is 0 Å². The molecule has 0 nitrogen and oxygen atoms in total. The van der Waals surface area contributed by atoms with Gasteiger partial charge in [-0.15, -0.1) is 0 Å². The molecular formula is C15H22Ti. The first kappa shape index (κ1) is 13.7. The second kappa shape index (κ2) is 5.34. The monoisotopic (exact) mass is 250 g/mol. The molecule has 1 aliphatic rings. The molecule has 0 atom stereocenters. The predicted molar refractivity (Wildman–Crippen MR) is 68.8 cm³/mol. The van der Waals surface area contributed by atoms with Crippen LogP contribution in [0, 0.1) is 5.41 Å². The van der Waals surface area contributed by atoms with Crippen LogP contribution in [-0.4, -0.2) is 0 Å². The Balaban J connectivity index is 2.91. The van der Waals surface area contributed by atoms with E-state index in [-0.39, 0.29) is 19.2 Å². The van der Waals surface area contributed by atoms with Crippen LogP contribution in [0.25, 0.3) is 0 Å². The van der Waals surface area contributed by atoms with Crippen LogP contribution in [0.1, 0.15) is 41.5 Å². The Morgan fingerprint density at radius 3 is 2.06 bits per heavy atom. The molecule has 0 radical (unpaired) electrons. The van der Waals surface area contributed by atoms with E-state index in [0.29, 0.717) is 5.41 Å². The summed E-state index contributed by atoms with van der Waals surface area (Å²) in [6.07, 6.45) is 6.40. The third-order valence-corrected chi connectivity index (χ3v) is 6.26. The molecule has 1 rings (SSSR count). The molecule has 0 bridgehead atoms. The van der Waals surface area contributed by atoms with E-state index in [1.807, 2.05) is 0 Å². The maximum atomic E-state index is 2.38. The van der Waals surface area contributed by atoms with E-state index in [2.05, 4.69) is 64.2 Å². The Labute approximate surface area is 109 Å². The van der Waals surface area contributed by atoms with Gasteiger partial charge < -0.3 is 0 Å². The summed E-state index contributed by atoms with van der Waals surface area (Å²) < 4.78 is 4.08. The molecule has 0 aromatic rings. The fraction of sp³-hybridized carbons (Fsp3) is 0.467. The second-order valence-corrected chi connectivity index (χ2v) is 6.66. The standard InChI is InChI=1S/C10H15.C5H7.Ti/c1-7-6-10(4,5)9(3)8(7)2;1-3-5-4-2;/h1-5H3;1,3-5H,2H3;. The Morgan fingerprint density at radius 2 is 1.62 bits per heavy atom. The first-order valence-electron chi connectivity index (χ1n) is 5.87. The van der Waals surface area contributed by atoms with Crippen molar-refractivity contribution in [2.45, 2.75) is 41.5 Å². The summed E-state index contributed by atoms with van der Waals surface area (Å²) in [7, 11) is 0. The van der Waals surface area contributed by atoms with Crippen LogP contribution in [0.2, 0.25) is 0 Å². The molecule has 0 spiro atoms. The van der Waals surface area contributed by atoms with Crippen molar-refractivity contribution in [2.24, 2.45) is 5.41 Å². The van der Waals surface area contributed by atoms with Gasteiger partial charge >= 0.3 is 109 Å². The van der Waals surface area contributed by atoms with E-state index >= 15 is 0 Å². The molecule has 0 aromatic heterocycles. The third kappa shape index (κ3) is 2.49. The van der Waals surface area contributed by atoms with Crippen LogP contribution in [-0.2, 0) is 19.2 Å². The Kier molecular flexibility index (Phi) is 4.58. The average molecular weight is 250 g/mol. The van der Waals surface area contributed by atoms with Gasteiger partial charge in [-0.1, -0.05) is 0 Å². The van der Waals surface area contributed by atoms with Gasteiger partial charge in [-0.05, 0) is 0 Å². The summed E-state index contributed by atoms with van der Waals surface area (Å²) in [5.74, 6) is 0. The van der Waals surface area contributed by atoms with Crippen molar-refractivity contribution in [1.29, 1.82) is 0 Å². The van der Waals surface area contributed by atoms with Crippen LogP contribution in [0.15, 0.2) is 43.2 Å². The van der Waals surface area contributed by atoms with Crippen LogP contribution in [0.5, 0.6) is 0 Å². The average Bonchev–Trinajstić information content (AvgIpc) is 2.38. The quantitative estimate of drug-likeness (QED) is 0.498. The van der Waals surface area contributed by atoms with Gasteiger partial charge in [-0.3, -0.25) is 0 Å². The minimum atomic E-state index is -0.111. The van der Waals surface area contributed by atoms with E-state index in [1.54, 1.807) is 15.0 Å². The van der Waals surface area contributed by atoms with Gasteiger partial charge in [0.2, 0.25) is 0 Å². The fourth-order valence-electron chi connectivity index (χ4n) is 2.18. The predicted octanol–water partition coefficient (Wildman–Crippen LogP) is 4.81. The van der Waals surface area contributed by atoms with E-state index in [4.69, 9.17) is 0 Å². The molecule has 0 saturated carbocycles. The minimum absolute atomic E-state index is 0.111. The van der Waals surface area contributed by atoms with E-state index < -0.39 is 0 Å². The summed E-state index contributed by atoms with van der Waals surface area (Å²) in [6, 6.07) is 0. The molecule has 0 saturated heterocycles. The zero-order chi connectivity index (χ0) is 12.3. The molecule has 0 aliphatic heterocycles. The zero-order valence-corrected chi connectivity index (χ0v) is 12.9. The Morgan fingerprint density at radius 1 is 1.00 bits per heavy atom. The number of allylic oxidation sites excluding steroid dienone is 7. The molecule has 0 heterocycles. The summed E-state index contributed by atoms with van der Waals surface area (Å²) in [6.45, 7) is 13.6. The maximum absolute atomic E-state index is 2.38.